The summed E-state index contributed by atoms with van der Waals surface area (Å²) in [6.45, 7) is 0. The van der Waals surface area contributed by atoms with E-state index < -0.39 is 0 Å². The predicted molar refractivity (Wildman–Crippen MR) is 82.5 cm³/mol. The lowest BCUT2D eigenvalue weighted by Crippen LogP contribution is -2.06. The normalized spacial score (nSPS) is 10.9. The Morgan fingerprint density at radius 3 is 1.68 bits per heavy atom. The molecular weight excluding hydrogens is 276 g/mol. The number of hydrogen-bond acceptors (Lipinski definition) is 5. The second kappa shape index (κ2) is 4.96. The Bertz CT molecular complexity index is 932. The molecule has 4 rings (SSSR count). The van der Waals surface area contributed by atoms with Gasteiger partial charge in [0.05, 0.1) is 11.0 Å². The van der Waals surface area contributed by atoms with E-state index in [9.17, 15) is 4.79 Å². The Balaban J connectivity index is 1.80. The van der Waals surface area contributed by atoms with Crippen LogP contribution in [0.4, 0.5) is 0 Å². The maximum Gasteiger partial charge on any atom is 0.229 e. The van der Waals surface area contributed by atoms with Crippen LogP contribution >= 0.6 is 0 Å². The standard InChI is InChI=1S/C17H10N4O/c22-17(15-3-1-11-9-18-7-5-13(11)20-15)16-4-2-12-10-19-8-6-14(12)21-16/h1-10H. The van der Waals surface area contributed by atoms with E-state index in [4.69, 9.17) is 0 Å². The predicted octanol–water partition coefficient (Wildman–Crippen LogP) is 2.80. The molecule has 22 heavy (non-hydrogen) atoms. The van der Waals surface area contributed by atoms with E-state index in [1.54, 1.807) is 49.1 Å². The minimum absolute atomic E-state index is 0.197. The molecular formula is C17H10N4O. The highest BCUT2D eigenvalue weighted by Crippen LogP contribution is 2.15. The van der Waals surface area contributed by atoms with Crippen molar-refractivity contribution in [3.05, 3.63) is 72.6 Å². The zero-order chi connectivity index (χ0) is 14.9. The van der Waals surface area contributed by atoms with Crippen molar-refractivity contribution >= 4 is 27.6 Å². The van der Waals surface area contributed by atoms with Gasteiger partial charge in [0.1, 0.15) is 11.4 Å². The van der Waals surface area contributed by atoms with Gasteiger partial charge in [0.2, 0.25) is 5.78 Å². The van der Waals surface area contributed by atoms with E-state index in [0.717, 1.165) is 21.8 Å². The minimum Gasteiger partial charge on any atom is -0.285 e. The molecule has 4 aromatic rings. The van der Waals surface area contributed by atoms with Gasteiger partial charge in [-0.15, -0.1) is 0 Å². The number of carbonyl (C=O) groups is 1. The number of fused-ring (bicyclic) bond motifs is 2. The Kier molecular flexibility index (Phi) is 2.83. The van der Waals surface area contributed by atoms with E-state index in [2.05, 4.69) is 19.9 Å². The highest BCUT2D eigenvalue weighted by molar-refractivity contribution is 6.08. The van der Waals surface area contributed by atoms with Gasteiger partial charge in [-0.25, -0.2) is 9.97 Å². The van der Waals surface area contributed by atoms with Crippen molar-refractivity contribution < 1.29 is 4.79 Å². The first-order valence-electron chi connectivity index (χ1n) is 6.77. The van der Waals surface area contributed by atoms with Gasteiger partial charge >= 0.3 is 0 Å². The zero-order valence-electron chi connectivity index (χ0n) is 11.5. The third kappa shape index (κ3) is 2.09. The lowest BCUT2D eigenvalue weighted by Gasteiger charge is -2.03. The number of ketones is 1. The first-order valence-corrected chi connectivity index (χ1v) is 6.77. The van der Waals surface area contributed by atoms with Crippen LogP contribution in [0, 0.1) is 0 Å². The molecule has 0 unspecified atom stereocenters. The van der Waals surface area contributed by atoms with Crippen LogP contribution in [0.15, 0.2) is 61.2 Å². The SMILES string of the molecule is O=C(c1ccc2cnccc2n1)c1ccc2cnccc2n1. The Morgan fingerprint density at radius 2 is 1.18 bits per heavy atom. The summed E-state index contributed by atoms with van der Waals surface area (Å²) in [6, 6.07) is 10.6. The molecule has 0 atom stereocenters. The number of aromatic nitrogens is 4. The second-order valence-electron chi connectivity index (χ2n) is 4.86. The smallest absolute Gasteiger partial charge is 0.229 e. The molecule has 0 aromatic carbocycles. The molecule has 4 heterocycles. The van der Waals surface area contributed by atoms with Crippen molar-refractivity contribution in [1.29, 1.82) is 0 Å². The van der Waals surface area contributed by atoms with Gasteiger partial charge in [-0.2, -0.15) is 0 Å². The van der Waals surface area contributed by atoms with E-state index in [1.165, 1.54) is 0 Å². The zero-order valence-corrected chi connectivity index (χ0v) is 11.5. The van der Waals surface area contributed by atoms with Gasteiger partial charge in [0, 0.05) is 35.6 Å². The third-order valence-corrected chi connectivity index (χ3v) is 3.44. The maximum absolute atomic E-state index is 12.6. The molecule has 0 fully saturated rings. The number of hydrogen-bond donors (Lipinski definition) is 0. The highest BCUT2D eigenvalue weighted by Gasteiger charge is 2.13. The lowest BCUT2D eigenvalue weighted by molar-refractivity contribution is 0.103. The average Bonchev–Trinajstić information content (AvgIpc) is 2.60. The molecule has 5 heteroatoms. The van der Waals surface area contributed by atoms with Crippen molar-refractivity contribution in [3.8, 4) is 0 Å². The molecule has 0 bridgehead atoms. The van der Waals surface area contributed by atoms with Crippen LogP contribution in [0.25, 0.3) is 21.8 Å². The summed E-state index contributed by atoms with van der Waals surface area (Å²) in [5.74, 6) is -0.197. The van der Waals surface area contributed by atoms with Crippen molar-refractivity contribution in [2.45, 2.75) is 0 Å². The second-order valence-corrected chi connectivity index (χ2v) is 4.86. The summed E-state index contributed by atoms with van der Waals surface area (Å²) < 4.78 is 0. The number of rotatable bonds is 2. The Hall–Kier alpha value is -3.21. The molecule has 0 spiro atoms. The molecule has 0 aliphatic rings. The topological polar surface area (TPSA) is 68.6 Å². The quantitative estimate of drug-likeness (QED) is 0.530. The fourth-order valence-corrected chi connectivity index (χ4v) is 2.31. The van der Waals surface area contributed by atoms with Crippen LogP contribution < -0.4 is 0 Å². The minimum atomic E-state index is -0.197. The van der Waals surface area contributed by atoms with E-state index in [1.807, 2.05) is 12.1 Å². The molecule has 0 amide bonds. The summed E-state index contributed by atoms with van der Waals surface area (Å²) in [4.78, 5) is 29.4. The first-order chi connectivity index (χ1) is 10.8. The molecule has 0 aliphatic carbocycles. The Labute approximate surface area is 125 Å². The van der Waals surface area contributed by atoms with Crippen LogP contribution in [0.1, 0.15) is 16.2 Å². The summed E-state index contributed by atoms with van der Waals surface area (Å²) in [6.07, 6.45) is 6.76. The first kappa shape index (κ1) is 12.5. The van der Waals surface area contributed by atoms with Crippen LogP contribution in [0.5, 0.6) is 0 Å². The molecule has 0 saturated heterocycles. The number of nitrogens with zero attached hydrogens (tertiary/aromatic N) is 4. The van der Waals surface area contributed by atoms with E-state index in [0.29, 0.717) is 11.4 Å². The summed E-state index contributed by atoms with van der Waals surface area (Å²) in [5.41, 5.74) is 2.23. The molecule has 0 N–H and O–H groups in total. The Morgan fingerprint density at radius 1 is 0.682 bits per heavy atom. The van der Waals surface area contributed by atoms with Crippen molar-refractivity contribution in [2.24, 2.45) is 0 Å². The van der Waals surface area contributed by atoms with Gasteiger partial charge in [-0.05, 0) is 36.4 Å². The molecule has 5 nitrogen and oxygen atoms in total. The van der Waals surface area contributed by atoms with Crippen LogP contribution in [0.3, 0.4) is 0 Å². The molecule has 0 radical (unpaired) electrons. The van der Waals surface area contributed by atoms with Crippen molar-refractivity contribution in [2.75, 3.05) is 0 Å². The number of carbonyl (C=O) groups excluding carboxylic acids is 1. The van der Waals surface area contributed by atoms with Crippen molar-refractivity contribution in [1.82, 2.24) is 19.9 Å². The van der Waals surface area contributed by atoms with Crippen LogP contribution in [-0.2, 0) is 0 Å². The van der Waals surface area contributed by atoms with E-state index >= 15 is 0 Å². The van der Waals surface area contributed by atoms with Gasteiger partial charge in [-0.1, -0.05) is 0 Å². The fraction of sp³-hybridized carbons (Fsp3) is 0. The summed E-state index contributed by atoms with van der Waals surface area (Å²) >= 11 is 0. The molecule has 0 saturated carbocycles. The van der Waals surface area contributed by atoms with Crippen molar-refractivity contribution in [3.63, 3.8) is 0 Å². The highest BCUT2D eigenvalue weighted by atomic mass is 16.1. The molecule has 104 valence electrons. The third-order valence-electron chi connectivity index (χ3n) is 3.44. The largest absolute Gasteiger partial charge is 0.285 e. The number of pyridine rings is 4. The average molecular weight is 286 g/mol. The van der Waals surface area contributed by atoms with Gasteiger partial charge < -0.3 is 0 Å². The lowest BCUT2D eigenvalue weighted by atomic mass is 10.1. The van der Waals surface area contributed by atoms with Gasteiger partial charge in [0.15, 0.2) is 0 Å². The fourth-order valence-electron chi connectivity index (χ4n) is 2.31. The van der Waals surface area contributed by atoms with Crippen LogP contribution in [-0.4, -0.2) is 25.7 Å². The van der Waals surface area contributed by atoms with E-state index in [-0.39, 0.29) is 5.78 Å². The van der Waals surface area contributed by atoms with Gasteiger partial charge in [-0.3, -0.25) is 14.8 Å². The monoisotopic (exact) mass is 286 g/mol. The van der Waals surface area contributed by atoms with Crippen LogP contribution in [0.2, 0.25) is 0 Å². The molecule has 0 aliphatic heterocycles. The summed E-state index contributed by atoms with van der Waals surface area (Å²) in [7, 11) is 0. The van der Waals surface area contributed by atoms with Gasteiger partial charge in [0.25, 0.3) is 0 Å². The summed E-state index contributed by atoms with van der Waals surface area (Å²) in [5, 5.41) is 1.80. The maximum atomic E-state index is 12.6. The molecule has 4 aromatic heterocycles.